The summed E-state index contributed by atoms with van der Waals surface area (Å²) in [6.45, 7) is -0.0992. The molecule has 0 spiro atoms. The van der Waals surface area contributed by atoms with E-state index in [4.69, 9.17) is 0 Å². The van der Waals surface area contributed by atoms with Crippen LogP contribution in [-0.2, 0) is 11.2 Å². The molecule has 4 aromatic rings. The summed E-state index contributed by atoms with van der Waals surface area (Å²) in [4.78, 5) is 28.6. The predicted octanol–water partition coefficient (Wildman–Crippen LogP) is 4.71. The Balaban J connectivity index is 1.27. The van der Waals surface area contributed by atoms with E-state index in [1.54, 1.807) is 24.5 Å². The number of aromatic nitrogens is 1. The third kappa shape index (κ3) is 5.67. The minimum Gasteiger partial charge on any atom is -0.343 e. The Morgan fingerprint density at radius 3 is 2.00 bits per heavy atom. The number of benzene rings is 3. The first-order valence-corrected chi connectivity index (χ1v) is 10.4. The average molecular weight is 422 g/mol. The van der Waals surface area contributed by atoms with Crippen LogP contribution in [0.1, 0.15) is 21.5 Å². The van der Waals surface area contributed by atoms with Gasteiger partial charge in [-0.1, -0.05) is 54.6 Å². The van der Waals surface area contributed by atoms with Crippen LogP contribution in [0.4, 0.5) is 5.69 Å². The van der Waals surface area contributed by atoms with Gasteiger partial charge in [0.25, 0.3) is 5.91 Å². The van der Waals surface area contributed by atoms with Crippen LogP contribution in [0.3, 0.4) is 0 Å². The number of nitrogens with one attached hydrogen (secondary N) is 2. The number of carbonyl (C=O) groups excluding carboxylic acids is 2. The summed E-state index contributed by atoms with van der Waals surface area (Å²) >= 11 is 0. The minimum atomic E-state index is -0.285. The zero-order chi connectivity index (χ0) is 22.2. The first-order chi connectivity index (χ1) is 15.7. The highest BCUT2D eigenvalue weighted by molar-refractivity contribution is 5.99. The van der Waals surface area contributed by atoms with Gasteiger partial charge in [-0.15, -0.1) is 0 Å². The van der Waals surface area contributed by atoms with Gasteiger partial charge in [0.2, 0.25) is 5.91 Å². The topological polar surface area (TPSA) is 71.1 Å². The van der Waals surface area contributed by atoms with Crippen molar-refractivity contribution in [1.29, 1.82) is 0 Å². The van der Waals surface area contributed by atoms with Gasteiger partial charge in [-0.3, -0.25) is 14.6 Å². The Kier molecular flexibility index (Phi) is 6.68. The second kappa shape index (κ2) is 10.2. The largest absolute Gasteiger partial charge is 0.343 e. The molecule has 0 fully saturated rings. The average Bonchev–Trinajstić information content (AvgIpc) is 2.85. The van der Waals surface area contributed by atoms with Crippen molar-refractivity contribution in [3.8, 4) is 11.1 Å². The number of rotatable bonds is 7. The molecule has 2 amide bonds. The fraction of sp³-hybridized carbons (Fsp3) is 0.0741. The van der Waals surface area contributed by atoms with Gasteiger partial charge < -0.3 is 10.6 Å². The molecule has 5 nitrogen and oxygen atoms in total. The van der Waals surface area contributed by atoms with Gasteiger partial charge in [0.15, 0.2) is 0 Å². The molecule has 0 aliphatic rings. The maximum atomic E-state index is 12.4. The maximum Gasteiger partial charge on any atom is 0.251 e. The zero-order valence-corrected chi connectivity index (χ0v) is 17.5. The summed E-state index contributed by atoms with van der Waals surface area (Å²) in [5.41, 5.74) is 5.64. The summed E-state index contributed by atoms with van der Waals surface area (Å²) in [7, 11) is 0. The van der Waals surface area contributed by atoms with Crippen molar-refractivity contribution in [3.05, 3.63) is 120 Å². The Morgan fingerprint density at radius 2 is 1.31 bits per heavy atom. The fourth-order valence-corrected chi connectivity index (χ4v) is 3.35. The standard InChI is InChI=1S/C27H23N3O2/c31-26(30-25-12-6-20(7-13-25)18-21-14-16-28-17-15-21)19-29-27(32)24-10-8-23(9-11-24)22-4-2-1-3-5-22/h1-17H,18-19H2,(H,29,32)(H,30,31). The van der Waals surface area contributed by atoms with E-state index in [2.05, 4.69) is 15.6 Å². The molecule has 0 aliphatic carbocycles. The van der Waals surface area contributed by atoms with Crippen LogP contribution >= 0.6 is 0 Å². The van der Waals surface area contributed by atoms with E-state index >= 15 is 0 Å². The molecule has 4 rings (SSSR count). The Bertz CT molecular complexity index is 1170. The lowest BCUT2D eigenvalue weighted by Gasteiger charge is -2.09. The molecule has 0 bridgehead atoms. The van der Waals surface area contributed by atoms with Gasteiger partial charge in [-0.25, -0.2) is 0 Å². The number of nitrogens with zero attached hydrogens (tertiary/aromatic N) is 1. The second-order valence-electron chi connectivity index (χ2n) is 7.40. The van der Waals surface area contributed by atoms with Crippen molar-refractivity contribution >= 4 is 17.5 Å². The molecule has 1 aromatic heterocycles. The molecule has 0 atom stereocenters. The summed E-state index contributed by atoms with van der Waals surface area (Å²) in [5.74, 6) is -0.561. The third-order valence-electron chi connectivity index (χ3n) is 5.06. The molecule has 0 unspecified atom stereocenters. The van der Waals surface area contributed by atoms with Crippen LogP contribution in [0, 0.1) is 0 Å². The summed E-state index contributed by atoms with van der Waals surface area (Å²) in [6.07, 6.45) is 4.35. The minimum absolute atomic E-state index is 0.0992. The van der Waals surface area contributed by atoms with E-state index < -0.39 is 0 Å². The Labute approximate surface area is 187 Å². The summed E-state index contributed by atoms with van der Waals surface area (Å²) < 4.78 is 0. The zero-order valence-electron chi connectivity index (χ0n) is 17.5. The third-order valence-corrected chi connectivity index (χ3v) is 5.06. The molecule has 0 aliphatic heterocycles. The van der Waals surface area contributed by atoms with Crippen LogP contribution in [0.5, 0.6) is 0 Å². The summed E-state index contributed by atoms with van der Waals surface area (Å²) in [5, 5.41) is 5.47. The van der Waals surface area contributed by atoms with Gasteiger partial charge in [0, 0.05) is 23.6 Å². The molecular formula is C27H23N3O2. The fourth-order valence-electron chi connectivity index (χ4n) is 3.35. The smallest absolute Gasteiger partial charge is 0.251 e. The number of amides is 2. The lowest BCUT2D eigenvalue weighted by molar-refractivity contribution is -0.115. The van der Waals surface area contributed by atoms with E-state index in [0.29, 0.717) is 11.3 Å². The number of pyridine rings is 1. The normalized spacial score (nSPS) is 10.4. The quantitative estimate of drug-likeness (QED) is 0.454. The lowest BCUT2D eigenvalue weighted by atomic mass is 10.0. The highest BCUT2D eigenvalue weighted by Gasteiger charge is 2.09. The van der Waals surface area contributed by atoms with Gasteiger partial charge in [0.05, 0.1) is 6.54 Å². The van der Waals surface area contributed by atoms with Crippen molar-refractivity contribution in [1.82, 2.24) is 10.3 Å². The van der Waals surface area contributed by atoms with Crippen LogP contribution in [0.25, 0.3) is 11.1 Å². The predicted molar refractivity (Wildman–Crippen MR) is 126 cm³/mol. The first kappa shape index (κ1) is 21.0. The van der Waals surface area contributed by atoms with E-state index in [-0.39, 0.29) is 18.4 Å². The van der Waals surface area contributed by atoms with Crippen molar-refractivity contribution in [2.24, 2.45) is 0 Å². The van der Waals surface area contributed by atoms with Crippen LogP contribution < -0.4 is 10.6 Å². The van der Waals surface area contributed by atoms with Crippen LogP contribution in [0.2, 0.25) is 0 Å². The monoisotopic (exact) mass is 421 g/mol. The van der Waals surface area contributed by atoms with Crippen LogP contribution in [0.15, 0.2) is 103 Å². The number of hydrogen-bond acceptors (Lipinski definition) is 3. The van der Waals surface area contributed by atoms with Gasteiger partial charge >= 0.3 is 0 Å². The molecule has 5 heteroatoms. The molecule has 1 heterocycles. The maximum absolute atomic E-state index is 12.4. The highest BCUT2D eigenvalue weighted by atomic mass is 16.2. The molecule has 3 aromatic carbocycles. The van der Waals surface area contributed by atoms with Gasteiger partial charge in [-0.2, -0.15) is 0 Å². The van der Waals surface area contributed by atoms with Gasteiger partial charge in [0.1, 0.15) is 0 Å². The molecule has 32 heavy (non-hydrogen) atoms. The lowest BCUT2D eigenvalue weighted by Crippen LogP contribution is -2.32. The van der Waals surface area contributed by atoms with Gasteiger partial charge in [-0.05, 0) is 65.1 Å². The second-order valence-corrected chi connectivity index (χ2v) is 7.40. The van der Waals surface area contributed by atoms with Crippen molar-refractivity contribution in [2.45, 2.75) is 6.42 Å². The Morgan fingerprint density at radius 1 is 0.688 bits per heavy atom. The molecule has 0 radical (unpaired) electrons. The first-order valence-electron chi connectivity index (χ1n) is 10.4. The number of carbonyl (C=O) groups is 2. The Hall–Kier alpha value is -4.25. The van der Waals surface area contributed by atoms with E-state index in [1.807, 2.05) is 78.9 Å². The van der Waals surface area contributed by atoms with Crippen molar-refractivity contribution < 1.29 is 9.59 Å². The van der Waals surface area contributed by atoms with Crippen molar-refractivity contribution in [2.75, 3.05) is 11.9 Å². The van der Waals surface area contributed by atoms with E-state index in [9.17, 15) is 9.59 Å². The molecule has 0 saturated carbocycles. The molecule has 0 saturated heterocycles. The number of anilines is 1. The highest BCUT2D eigenvalue weighted by Crippen LogP contribution is 2.19. The SMILES string of the molecule is O=C(CNC(=O)c1ccc(-c2ccccc2)cc1)Nc1ccc(Cc2ccncc2)cc1. The van der Waals surface area contributed by atoms with Crippen molar-refractivity contribution in [3.63, 3.8) is 0 Å². The summed E-state index contributed by atoms with van der Waals surface area (Å²) in [6, 6.07) is 28.9. The molecule has 158 valence electrons. The molecular weight excluding hydrogens is 398 g/mol. The number of hydrogen-bond donors (Lipinski definition) is 2. The van der Waals surface area contributed by atoms with E-state index in [1.165, 1.54) is 5.56 Å². The van der Waals surface area contributed by atoms with E-state index in [0.717, 1.165) is 23.1 Å². The molecule has 2 N–H and O–H groups in total. The van der Waals surface area contributed by atoms with Crippen LogP contribution in [-0.4, -0.2) is 23.3 Å².